The number of fused-ring (bicyclic) bond motifs is 1. The predicted molar refractivity (Wildman–Crippen MR) is 116 cm³/mol. The second kappa shape index (κ2) is 8.51. The topological polar surface area (TPSA) is 80.5 Å². The van der Waals surface area contributed by atoms with Crippen LogP contribution in [0, 0.1) is 12.8 Å². The number of aromatic nitrogens is 3. The minimum absolute atomic E-state index is 0.0901. The lowest BCUT2D eigenvalue weighted by molar-refractivity contribution is 0.0699. The summed E-state index contributed by atoms with van der Waals surface area (Å²) in [5.41, 5.74) is 5.14. The number of nitrogens with one attached hydrogen (secondary N) is 2. The summed E-state index contributed by atoms with van der Waals surface area (Å²) in [6.45, 7) is 4.49. The molecular weight excluding hydrogens is 434 g/mol. The van der Waals surface area contributed by atoms with Gasteiger partial charge < -0.3 is 15.4 Å². The molecule has 4 rings (SSSR count). The Bertz CT molecular complexity index is 1040. The van der Waals surface area contributed by atoms with Gasteiger partial charge in [0.1, 0.15) is 4.60 Å². The number of anilines is 1. The summed E-state index contributed by atoms with van der Waals surface area (Å²) in [6.07, 6.45) is 3.97. The highest BCUT2D eigenvalue weighted by molar-refractivity contribution is 9.10. The molecule has 0 spiro atoms. The first-order valence-electron chi connectivity index (χ1n) is 9.76. The van der Waals surface area contributed by atoms with Crippen LogP contribution in [0.3, 0.4) is 0 Å². The Morgan fingerprint density at radius 2 is 2.10 bits per heavy atom. The third-order valence-electron chi connectivity index (χ3n) is 5.35. The van der Waals surface area contributed by atoms with Crippen LogP contribution in [0.25, 0.3) is 16.9 Å². The molecule has 3 heterocycles. The first-order valence-corrected chi connectivity index (χ1v) is 10.5. The number of halogens is 1. The quantitative estimate of drug-likeness (QED) is 0.610. The molecule has 2 aromatic heterocycles. The molecule has 0 radical (unpaired) electrons. The number of ether oxygens (including phenoxy) is 1. The molecule has 29 heavy (non-hydrogen) atoms. The third-order valence-corrected chi connectivity index (χ3v) is 5.74. The Morgan fingerprint density at radius 1 is 1.31 bits per heavy atom. The molecule has 1 amide bonds. The summed E-state index contributed by atoms with van der Waals surface area (Å²) in [5, 5.41) is 10.8. The lowest BCUT2D eigenvalue weighted by Gasteiger charge is -2.22. The van der Waals surface area contributed by atoms with Crippen molar-refractivity contribution in [1.29, 1.82) is 0 Å². The van der Waals surface area contributed by atoms with Crippen LogP contribution in [-0.4, -0.2) is 47.3 Å². The highest BCUT2D eigenvalue weighted by atomic mass is 79.9. The van der Waals surface area contributed by atoms with Crippen LogP contribution >= 0.6 is 15.9 Å². The number of imidazole rings is 1. The van der Waals surface area contributed by atoms with Gasteiger partial charge in [-0.05, 0) is 65.4 Å². The number of hydrogen-bond donors (Lipinski definition) is 2. The van der Waals surface area contributed by atoms with Gasteiger partial charge >= 0.3 is 0 Å². The highest BCUT2D eigenvalue weighted by Gasteiger charge is 2.17. The van der Waals surface area contributed by atoms with E-state index >= 15 is 0 Å². The first kappa shape index (κ1) is 19.8. The number of rotatable bonds is 5. The number of hydrogen-bond acceptors (Lipinski definition) is 5. The SMILES string of the molecule is CNC(=O)c1ccc(-c2cnc3c(NCC4CCOCC4)cc(Br)nn23)cc1C. The molecule has 0 unspecified atom stereocenters. The summed E-state index contributed by atoms with van der Waals surface area (Å²) in [7, 11) is 1.64. The van der Waals surface area contributed by atoms with Gasteiger partial charge in [-0.2, -0.15) is 5.10 Å². The van der Waals surface area contributed by atoms with Crippen LogP contribution in [0.1, 0.15) is 28.8 Å². The van der Waals surface area contributed by atoms with Crippen molar-refractivity contribution in [3.05, 3.63) is 46.2 Å². The zero-order chi connectivity index (χ0) is 20.4. The van der Waals surface area contributed by atoms with Gasteiger partial charge in [0, 0.05) is 37.9 Å². The van der Waals surface area contributed by atoms with Gasteiger partial charge in [-0.1, -0.05) is 6.07 Å². The Hall–Kier alpha value is -2.45. The Morgan fingerprint density at radius 3 is 2.83 bits per heavy atom. The van der Waals surface area contributed by atoms with Gasteiger partial charge in [0.05, 0.1) is 17.6 Å². The molecule has 1 aromatic carbocycles. The van der Waals surface area contributed by atoms with E-state index in [1.165, 1.54) is 0 Å². The van der Waals surface area contributed by atoms with Crippen LogP contribution in [0.4, 0.5) is 5.69 Å². The molecule has 0 bridgehead atoms. The summed E-state index contributed by atoms with van der Waals surface area (Å²) in [5.74, 6) is 0.512. The largest absolute Gasteiger partial charge is 0.382 e. The number of carbonyl (C=O) groups excluding carboxylic acids is 1. The highest BCUT2D eigenvalue weighted by Crippen LogP contribution is 2.28. The predicted octanol–water partition coefficient (Wildman–Crippen LogP) is 3.67. The maximum atomic E-state index is 12.0. The van der Waals surface area contributed by atoms with E-state index in [2.05, 4.69) is 36.6 Å². The van der Waals surface area contributed by atoms with Crippen molar-refractivity contribution in [1.82, 2.24) is 19.9 Å². The van der Waals surface area contributed by atoms with Crippen LogP contribution in [0.15, 0.2) is 35.1 Å². The van der Waals surface area contributed by atoms with Gasteiger partial charge in [0.15, 0.2) is 5.65 Å². The number of carbonyl (C=O) groups is 1. The maximum absolute atomic E-state index is 12.0. The monoisotopic (exact) mass is 457 g/mol. The van der Waals surface area contributed by atoms with E-state index in [1.807, 2.05) is 41.9 Å². The third kappa shape index (κ3) is 4.13. The van der Waals surface area contributed by atoms with Crippen LogP contribution in [0.5, 0.6) is 0 Å². The molecule has 0 atom stereocenters. The smallest absolute Gasteiger partial charge is 0.251 e. The molecule has 8 heteroatoms. The molecule has 1 aliphatic rings. The van der Waals surface area contributed by atoms with Crippen molar-refractivity contribution < 1.29 is 9.53 Å². The molecule has 1 saturated heterocycles. The average Bonchev–Trinajstić information content (AvgIpc) is 3.16. The lowest BCUT2D eigenvalue weighted by atomic mass is 10.0. The standard InChI is InChI=1S/C21H24BrN5O2/c1-13-9-15(3-4-16(13)21(28)23-2)18-12-25-20-17(10-19(22)26-27(18)20)24-11-14-5-7-29-8-6-14/h3-4,9-10,12,14,24H,5-8,11H2,1-2H3,(H,23,28). The van der Waals surface area contributed by atoms with E-state index in [9.17, 15) is 4.79 Å². The van der Waals surface area contributed by atoms with Crippen molar-refractivity contribution in [2.45, 2.75) is 19.8 Å². The maximum Gasteiger partial charge on any atom is 0.251 e. The Balaban J connectivity index is 1.65. The minimum Gasteiger partial charge on any atom is -0.382 e. The molecule has 152 valence electrons. The fourth-order valence-electron chi connectivity index (χ4n) is 3.68. The molecule has 7 nitrogen and oxygen atoms in total. The second-order valence-electron chi connectivity index (χ2n) is 7.31. The summed E-state index contributed by atoms with van der Waals surface area (Å²) in [4.78, 5) is 16.6. The fraction of sp³-hybridized carbons (Fsp3) is 0.381. The van der Waals surface area contributed by atoms with E-state index in [0.717, 1.165) is 65.4 Å². The van der Waals surface area contributed by atoms with E-state index in [4.69, 9.17) is 4.74 Å². The zero-order valence-corrected chi connectivity index (χ0v) is 18.1. The molecule has 3 aromatic rings. The van der Waals surface area contributed by atoms with E-state index in [0.29, 0.717) is 11.5 Å². The number of benzene rings is 1. The number of nitrogens with zero attached hydrogens (tertiary/aromatic N) is 3. The van der Waals surface area contributed by atoms with Gasteiger partial charge in [-0.25, -0.2) is 9.50 Å². The fourth-order valence-corrected chi connectivity index (χ4v) is 4.07. The van der Waals surface area contributed by atoms with E-state index < -0.39 is 0 Å². The van der Waals surface area contributed by atoms with Crippen molar-refractivity contribution in [3.8, 4) is 11.3 Å². The number of aryl methyl sites for hydroxylation is 1. The van der Waals surface area contributed by atoms with Gasteiger partial charge in [-0.3, -0.25) is 4.79 Å². The van der Waals surface area contributed by atoms with Crippen LogP contribution in [-0.2, 0) is 4.74 Å². The molecule has 2 N–H and O–H groups in total. The molecule has 1 fully saturated rings. The van der Waals surface area contributed by atoms with Crippen molar-refractivity contribution in [2.24, 2.45) is 5.92 Å². The van der Waals surface area contributed by atoms with Crippen molar-refractivity contribution in [3.63, 3.8) is 0 Å². The van der Waals surface area contributed by atoms with Gasteiger partial charge in [0.2, 0.25) is 0 Å². The van der Waals surface area contributed by atoms with Crippen LogP contribution in [0.2, 0.25) is 0 Å². The van der Waals surface area contributed by atoms with Gasteiger partial charge in [0.25, 0.3) is 5.91 Å². The van der Waals surface area contributed by atoms with E-state index in [1.54, 1.807) is 7.05 Å². The zero-order valence-electron chi connectivity index (χ0n) is 16.5. The molecule has 0 saturated carbocycles. The van der Waals surface area contributed by atoms with Crippen molar-refractivity contribution in [2.75, 3.05) is 32.1 Å². The normalized spacial score (nSPS) is 14.9. The Labute approximate surface area is 178 Å². The molecule has 1 aliphatic heterocycles. The van der Waals surface area contributed by atoms with E-state index in [-0.39, 0.29) is 5.91 Å². The van der Waals surface area contributed by atoms with Crippen molar-refractivity contribution >= 4 is 33.2 Å². The van der Waals surface area contributed by atoms with Gasteiger partial charge in [-0.15, -0.1) is 0 Å². The second-order valence-corrected chi connectivity index (χ2v) is 8.12. The number of amides is 1. The summed E-state index contributed by atoms with van der Waals surface area (Å²) >= 11 is 3.52. The Kier molecular flexibility index (Phi) is 5.82. The lowest BCUT2D eigenvalue weighted by Crippen LogP contribution is -2.22. The first-order chi connectivity index (χ1) is 14.1. The minimum atomic E-state index is -0.0901. The average molecular weight is 458 g/mol. The molecule has 0 aliphatic carbocycles. The summed E-state index contributed by atoms with van der Waals surface area (Å²) < 4.78 is 8.02. The summed E-state index contributed by atoms with van der Waals surface area (Å²) in [6, 6.07) is 7.72. The molecular formula is C21H24BrN5O2. The van der Waals surface area contributed by atoms with Crippen LogP contribution < -0.4 is 10.6 Å².